The molecule has 0 heterocycles. The summed E-state index contributed by atoms with van der Waals surface area (Å²) in [5.74, 6) is -2.09. The fraction of sp³-hybridized carbons (Fsp3) is 0.412. The molecule has 3 aromatic rings. The Labute approximate surface area is 268 Å². The molecule has 246 valence electrons. The van der Waals surface area contributed by atoms with E-state index in [1.807, 2.05) is 18.2 Å². The number of nitrogens with one attached hydrogen (secondary N) is 3. The van der Waals surface area contributed by atoms with Gasteiger partial charge in [-0.1, -0.05) is 86.0 Å². The second-order valence-electron chi connectivity index (χ2n) is 12.1. The van der Waals surface area contributed by atoms with E-state index in [4.69, 9.17) is 15.5 Å². The van der Waals surface area contributed by atoms with Crippen molar-refractivity contribution < 1.29 is 33.5 Å². The third-order valence-electron chi connectivity index (χ3n) is 8.40. The highest BCUT2D eigenvalue weighted by Crippen LogP contribution is 2.39. The van der Waals surface area contributed by atoms with Crippen molar-refractivity contribution in [2.45, 2.75) is 82.0 Å². The molecule has 7 N–H and O–H groups in total. The number of benzene rings is 3. The molecule has 0 unspecified atom stereocenters. The third kappa shape index (κ3) is 10.2. The summed E-state index contributed by atoms with van der Waals surface area (Å²) in [6.45, 7) is 0.343. The fourth-order valence-electron chi connectivity index (χ4n) is 6.03. The van der Waals surface area contributed by atoms with Crippen molar-refractivity contribution >= 4 is 42.0 Å². The Kier molecular flexibility index (Phi) is 12.1. The average molecular weight is 651 g/mol. The van der Waals surface area contributed by atoms with Crippen LogP contribution in [-0.4, -0.2) is 51.5 Å². The molecule has 1 saturated carbocycles. The largest absolute Gasteiger partial charge is 0.370 e. The zero-order valence-corrected chi connectivity index (χ0v) is 26.8. The molecule has 11 nitrogen and oxygen atoms in total. The van der Waals surface area contributed by atoms with Crippen molar-refractivity contribution in [3.05, 3.63) is 83.4 Å². The second kappa shape index (κ2) is 16.0. The Morgan fingerprint density at radius 1 is 0.870 bits per heavy atom. The number of rotatable bonds is 15. The van der Waals surface area contributed by atoms with Gasteiger partial charge in [0.1, 0.15) is 11.6 Å². The molecule has 3 aromatic carbocycles. The summed E-state index contributed by atoms with van der Waals surface area (Å²) in [7, 11) is -4.18. The van der Waals surface area contributed by atoms with Crippen LogP contribution in [0.4, 0.5) is 0 Å². The summed E-state index contributed by atoms with van der Waals surface area (Å²) >= 11 is 0. The first-order chi connectivity index (χ1) is 21.9. The standard InChI is InChI=1S/C34H43N4O7P/c35-30(39)22-29(32(41)36-21-7-11-27-10-6-9-26-8-2-3-12-28(26)27)37-33(42)34(19-4-1-5-20-34)38-31(40)18-17-24-13-15-25(16-14-24)23-46(43,44)45/h2-3,6,8-10,12-16,29H,1,4-5,7,11,17-23H2,(H2,35,39)(H,36,41)(H,37,42)(H,38,40)(H2,43,44,45)/t29-/m0/s1. The molecule has 1 aliphatic carbocycles. The van der Waals surface area contributed by atoms with Gasteiger partial charge in [0, 0.05) is 13.0 Å². The maximum absolute atomic E-state index is 13.7. The molecule has 4 rings (SSSR count). The quantitative estimate of drug-likeness (QED) is 0.107. The zero-order valence-electron chi connectivity index (χ0n) is 25.9. The number of carbonyl (C=O) groups is 4. The topological polar surface area (TPSA) is 188 Å². The van der Waals surface area contributed by atoms with E-state index in [0.29, 0.717) is 37.8 Å². The normalized spacial score (nSPS) is 15.1. The first-order valence-corrected chi connectivity index (χ1v) is 17.5. The molecule has 46 heavy (non-hydrogen) atoms. The van der Waals surface area contributed by atoms with E-state index in [2.05, 4.69) is 40.2 Å². The number of amides is 4. The first-order valence-electron chi connectivity index (χ1n) is 15.7. The smallest absolute Gasteiger partial charge is 0.329 e. The maximum atomic E-state index is 13.7. The van der Waals surface area contributed by atoms with E-state index in [9.17, 15) is 23.7 Å². The van der Waals surface area contributed by atoms with Gasteiger partial charge < -0.3 is 31.5 Å². The van der Waals surface area contributed by atoms with Crippen LogP contribution in [0.2, 0.25) is 0 Å². The van der Waals surface area contributed by atoms with Gasteiger partial charge in [-0.2, -0.15) is 0 Å². The van der Waals surface area contributed by atoms with Crippen LogP contribution in [0.5, 0.6) is 0 Å². The van der Waals surface area contributed by atoms with Crippen molar-refractivity contribution in [2.24, 2.45) is 5.73 Å². The molecular weight excluding hydrogens is 607 g/mol. The molecule has 4 amide bonds. The van der Waals surface area contributed by atoms with Gasteiger partial charge in [0.05, 0.1) is 12.6 Å². The van der Waals surface area contributed by atoms with E-state index in [-0.39, 0.29) is 24.9 Å². The number of hydrogen-bond donors (Lipinski definition) is 6. The van der Waals surface area contributed by atoms with Crippen molar-refractivity contribution in [1.29, 1.82) is 0 Å². The van der Waals surface area contributed by atoms with Gasteiger partial charge in [0.15, 0.2) is 0 Å². The van der Waals surface area contributed by atoms with Crippen molar-refractivity contribution in [3.8, 4) is 0 Å². The van der Waals surface area contributed by atoms with Gasteiger partial charge >= 0.3 is 7.60 Å². The number of nitrogens with two attached hydrogens (primary N) is 1. The Hall–Kier alpha value is -4.05. The number of aryl methyl sites for hydroxylation is 2. The molecule has 0 radical (unpaired) electrons. The lowest BCUT2D eigenvalue weighted by molar-refractivity contribution is -0.138. The fourth-order valence-corrected chi connectivity index (χ4v) is 6.72. The van der Waals surface area contributed by atoms with Crippen LogP contribution in [0.3, 0.4) is 0 Å². The molecular formula is C34H43N4O7P. The van der Waals surface area contributed by atoms with Gasteiger partial charge in [-0.05, 0) is 59.6 Å². The van der Waals surface area contributed by atoms with E-state index >= 15 is 0 Å². The average Bonchev–Trinajstić information content (AvgIpc) is 3.02. The second-order valence-corrected chi connectivity index (χ2v) is 13.7. The lowest BCUT2D eigenvalue weighted by atomic mass is 9.80. The van der Waals surface area contributed by atoms with Gasteiger partial charge in [-0.25, -0.2) is 0 Å². The molecule has 0 saturated heterocycles. The lowest BCUT2D eigenvalue weighted by Crippen LogP contribution is -2.63. The number of hydrogen-bond acceptors (Lipinski definition) is 5. The van der Waals surface area contributed by atoms with Gasteiger partial charge in [-0.3, -0.25) is 23.7 Å². The van der Waals surface area contributed by atoms with E-state index in [1.165, 1.54) is 5.56 Å². The summed E-state index contributed by atoms with van der Waals surface area (Å²) < 4.78 is 11.2. The Morgan fingerprint density at radius 3 is 2.24 bits per heavy atom. The molecule has 0 bridgehead atoms. The summed E-state index contributed by atoms with van der Waals surface area (Å²) in [5, 5.41) is 10.8. The zero-order chi connectivity index (χ0) is 33.2. The minimum Gasteiger partial charge on any atom is -0.370 e. The van der Waals surface area contributed by atoms with Crippen LogP contribution in [0.25, 0.3) is 10.8 Å². The lowest BCUT2D eigenvalue weighted by Gasteiger charge is -2.37. The Morgan fingerprint density at radius 2 is 1.54 bits per heavy atom. The number of primary amides is 1. The summed E-state index contributed by atoms with van der Waals surface area (Å²) in [6.07, 6.45) is 4.27. The van der Waals surface area contributed by atoms with Crippen LogP contribution in [0, 0.1) is 0 Å². The molecule has 0 spiro atoms. The SMILES string of the molecule is NC(=O)C[C@H](NC(=O)C1(NC(=O)CCc2ccc(CP(=O)(O)O)cc2)CCCCC1)C(=O)NCCCc1cccc2ccccc12. The summed E-state index contributed by atoms with van der Waals surface area (Å²) in [5.41, 5.74) is 6.70. The van der Waals surface area contributed by atoms with Crippen molar-refractivity contribution in [3.63, 3.8) is 0 Å². The third-order valence-corrected chi connectivity index (χ3v) is 9.18. The van der Waals surface area contributed by atoms with Crippen LogP contribution >= 0.6 is 7.60 Å². The minimum atomic E-state index is -4.18. The van der Waals surface area contributed by atoms with E-state index < -0.39 is 36.9 Å². The van der Waals surface area contributed by atoms with Crippen molar-refractivity contribution in [1.82, 2.24) is 16.0 Å². The molecule has 12 heteroatoms. The van der Waals surface area contributed by atoms with Gasteiger partial charge in [-0.15, -0.1) is 0 Å². The van der Waals surface area contributed by atoms with E-state index in [0.717, 1.165) is 42.0 Å². The Balaban J connectivity index is 1.33. The highest BCUT2D eigenvalue weighted by molar-refractivity contribution is 7.50. The molecule has 1 fully saturated rings. The van der Waals surface area contributed by atoms with Crippen LogP contribution < -0.4 is 21.7 Å². The van der Waals surface area contributed by atoms with Crippen LogP contribution in [0.15, 0.2) is 66.7 Å². The molecule has 1 aliphatic rings. The molecule has 0 aliphatic heterocycles. The van der Waals surface area contributed by atoms with Crippen LogP contribution in [-0.2, 0) is 42.7 Å². The molecule has 0 aromatic heterocycles. The number of carbonyl (C=O) groups excluding carboxylic acids is 4. The molecule has 1 atom stereocenters. The highest BCUT2D eigenvalue weighted by atomic mass is 31.2. The van der Waals surface area contributed by atoms with Gasteiger partial charge in [0.2, 0.25) is 23.6 Å². The number of fused-ring (bicyclic) bond motifs is 1. The summed E-state index contributed by atoms with van der Waals surface area (Å²) in [6, 6.07) is 19.7. The summed E-state index contributed by atoms with van der Waals surface area (Å²) in [4.78, 5) is 70.1. The monoisotopic (exact) mass is 650 g/mol. The maximum Gasteiger partial charge on any atom is 0.329 e. The Bertz CT molecular complexity index is 1580. The van der Waals surface area contributed by atoms with E-state index in [1.54, 1.807) is 24.3 Å². The van der Waals surface area contributed by atoms with Gasteiger partial charge in [0.25, 0.3) is 0 Å². The van der Waals surface area contributed by atoms with Crippen molar-refractivity contribution in [2.75, 3.05) is 6.54 Å². The van der Waals surface area contributed by atoms with Crippen LogP contribution in [0.1, 0.15) is 68.1 Å². The predicted molar refractivity (Wildman–Crippen MR) is 175 cm³/mol. The highest BCUT2D eigenvalue weighted by Gasteiger charge is 2.42. The predicted octanol–water partition coefficient (Wildman–Crippen LogP) is 3.38. The first kappa shape index (κ1) is 34.8. The minimum absolute atomic E-state index is 0.0920.